The van der Waals surface area contributed by atoms with Gasteiger partial charge in [0.25, 0.3) is 0 Å². The van der Waals surface area contributed by atoms with Gasteiger partial charge in [0, 0.05) is 11.5 Å². The Morgan fingerprint density at radius 3 is 2.41 bits per heavy atom. The van der Waals surface area contributed by atoms with Crippen molar-refractivity contribution in [1.82, 2.24) is 25.7 Å². The predicted octanol–water partition coefficient (Wildman–Crippen LogP) is 4.91. The molecule has 1 unspecified atom stereocenters. The summed E-state index contributed by atoms with van der Waals surface area (Å²) in [6.07, 6.45) is 7.16. The average molecular weight is 427 g/mol. The Morgan fingerprint density at radius 2 is 1.66 bits per heavy atom. The van der Waals surface area contributed by atoms with Crippen molar-refractivity contribution in [1.29, 1.82) is 0 Å². The van der Waals surface area contributed by atoms with Crippen LogP contribution in [0.5, 0.6) is 0 Å². The molecule has 1 aliphatic carbocycles. The molecule has 1 atom stereocenters. The third-order valence-corrected chi connectivity index (χ3v) is 6.85. The molecule has 4 N–H and O–H groups in total. The van der Waals surface area contributed by atoms with Crippen molar-refractivity contribution < 1.29 is 0 Å². The first kappa shape index (κ1) is 20.6. The number of nitrogens with one attached hydrogen (secondary N) is 2. The first-order chi connectivity index (χ1) is 15.8. The Balaban J connectivity index is 1.44. The van der Waals surface area contributed by atoms with Gasteiger partial charge in [-0.2, -0.15) is 10.3 Å². The van der Waals surface area contributed by atoms with Crippen LogP contribution in [0.2, 0.25) is 0 Å². The molecule has 0 amide bonds. The monoisotopic (exact) mass is 426 g/mol. The van der Waals surface area contributed by atoms with Crippen molar-refractivity contribution >= 4 is 17.0 Å². The van der Waals surface area contributed by atoms with Gasteiger partial charge in [-0.1, -0.05) is 79.9 Å². The van der Waals surface area contributed by atoms with Crippen molar-refractivity contribution in [3.8, 4) is 0 Å². The van der Waals surface area contributed by atoms with Gasteiger partial charge >= 0.3 is 0 Å². The third-order valence-electron chi connectivity index (χ3n) is 6.85. The number of benzene rings is 2. The molecule has 2 aromatic heterocycles. The molecule has 1 saturated carbocycles. The van der Waals surface area contributed by atoms with E-state index in [9.17, 15) is 0 Å². The molecular weight excluding hydrogens is 396 g/mol. The number of aromatic amines is 1. The Labute approximate surface area is 188 Å². The average Bonchev–Trinajstić information content (AvgIpc) is 3.32. The van der Waals surface area contributed by atoms with Gasteiger partial charge in [-0.3, -0.25) is 0 Å². The van der Waals surface area contributed by atoms with Crippen LogP contribution in [0.25, 0.3) is 11.2 Å². The number of nitrogens with zero attached hydrogens (tertiary/aromatic N) is 3. The van der Waals surface area contributed by atoms with E-state index in [0.717, 1.165) is 24.0 Å². The zero-order valence-electron chi connectivity index (χ0n) is 18.3. The largest absolute Gasteiger partial charge is 0.384 e. The number of nitrogens with two attached hydrogens (primary N) is 1. The van der Waals surface area contributed by atoms with E-state index in [2.05, 4.69) is 86.4 Å². The van der Waals surface area contributed by atoms with Crippen LogP contribution in [0.1, 0.15) is 61.1 Å². The van der Waals surface area contributed by atoms with E-state index in [4.69, 9.17) is 5.73 Å². The van der Waals surface area contributed by atoms with E-state index in [0.29, 0.717) is 11.5 Å². The fourth-order valence-electron chi connectivity index (χ4n) is 5.27. The van der Waals surface area contributed by atoms with E-state index in [1.807, 2.05) is 6.07 Å². The van der Waals surface area contributed by atoms with Crippen LogP contribution in [0.3, 0.4) is 0 Å². The number of hydrogen-bond acceptors (Lipinski definition) is 5. The number of pyridine rings is 1. The molecule has 2 heterocycles. The molecule has 0 bridgehead atoms. The van der Waals surface area contributed by atoms with Crippen molar-refractivity contribution in [2.75, 3.05) is 12.3 Å². The molecule has 4 aromatic rings. The molecule has 164 valence electrons. The number of nitrogen functional groups attached to an aromatic ring is 1. The number of hydrogen-bond donors (Lipinski definition) is 3. The zero-order valence-corrected chi connectivity index (χ0v) is 18.3. The summed E-state index contributed by atoms with van der Waals surface area (Å²) in [5.74, 6) is 0.626. The minimum Gasteiger partial charge on any atom is -0.384 e. The summed E-state index contributed by atoms with van der Waals surface area (Å²) in [7, 11) is 0. The Bertz CT molecular complexity index is 1150. The predicted molar refractivity (Wildman–Crippen MR) is 128 cm³/mol. The maximum absolute atomic E-state index is 6.13. The van der Waals surface area contributed by atoms with Gasteiger partial charge in [-0.15, -0.1) is 5.10 Å². The smallest absolute Gasteiger partial charge is 0.203 e. The van der Waals surface area contributed by atoms with Crippen molar-refractivity contribution in [3.63, 3.8) is 0 Å². The number of H-pyrrole nitrogens is 1. The lowest BCUT2D eigenvalue weighted by Crippen LogP contribution is -2.44. The summed E-state index contributed by atoms with van der Waals surface area (Å²) in [6, 6.07) is 23.5. The summed E-state index contributed by atoms with van der Waals surface area (Å²) < 4.78 is 0. The molecule has 6 heteroatoms. The van der Waals surface area contributed by atoms with Gasteiger partial charge in [0.15, 0.2) is 0 Å². The van der Waals surface area contributed by atoms with E-state index < -0.39 is 0 Å². The topological polar surface area (TPSA) is 92.5 Å². The molecule has 0 radical (unpaired) electrons. The van der Waals surface area contributed by atoms with Crippen molar-refractivity contribution in [2.45, 2.75) is 50.0 Å². The molecule has 32 heavy (non-hydrogen) atoms. The highest BCUT2D eigenvalue weighted by atomic mass is 15.3. The molecule has 1 fully saturated rings. The number of rotatable bonds is 7. The van der Waals surface area contributed by atoms with Gasteiger partial charge in [0.2, 0.25) is 5.65 Å². The third kappa shape index (κ3) is 4.10. The van der Waals surface area contributed by atoms with Crippen LogP contribution in [0.15, 0.2) is 66.7 Å². The van der Waals surface area contributed by atoms with E-state index in [-0.39, 0.29) is 11.5 Å². The summed E-state index contributed by atoms with van der Waals surface area (Å²) in [6.45, 7) is 0.899. The van der Waals surface area contributed by atoms with Crippen molar-refractivity contribution in [2.24, 2.45) is 0 Å². The Morgan fingerprint density at radius 1 is 0.938 bits per heavy atom. The Kier molecular flexibility index (Phi) is 5.86. The summed E-state index contributed by atoms with van der Waals surface area (Å²) in [5.41, 5.74) is 11.3. The second kappa shape index (κ2) is 9.09. The standard InChI is InChI=1S/C26H30N6/c27-23-18-22(24-25(29-23)31-32-30-24)21(19-10-4-1-5-11-19)14-17-28-26(15-8-3-9-16-26)20-12-6-2-7-13-20/h1-2,4-7,10-13,18,21,28H,3,8-9,14-17H2,(H3,27,29,30,31,32). The summed E-state index contributed by atoms with van der Waals surface area (Å²) in [4.78, 5) is 4.33. The van der Waals surface area contributed by atoms with Crippen LogP contribution in [0, 0.1) is 0 Å². The maximum Gasteiger partial charge on any atom is 0.203 e. The second-order valence-corrected chi connectivity index (χ2v) is 8.82. The minimum atomic E-state index is 0.0568. The maximum atomic E-state index is 6.13. The SMILES string of the molecule is Nc1cc(C(CCNC2(c3ccccc3)CCCCC2)c2ccccc2)c2n[nH]nc2n1. The highest BCUT2D eigenvalue weighted by Crippen LogP contribution is 2.38. The van der Waals surface area contributed by atoms with Gasteiger partial charge < -0.3 is 11.1 Å². The zero-order chi connectivity index (χ0) is 21.8. The normalized spacial score (nSPS) is 16.8. The van der Waals surface area contributed by atoms with Crippen LogP contribution >= 0.6 is 0 Å². The quantitative estimate of drug-likeness (QED) is 0.391. The number of aromatic nitrogens is 4. The van der Waals surface area contributed by atoms with E-state index >= 15 is 0 Å². The van der Waals surface area contributed by atoms with E-state index in [1.54, 1.807) is 0 Å². The molecule has 0 spiro atoms. The van der Waals surface area contributed by atoms with Crippen LogP contribution in [0.4, 0.5) is 5.82 Å². The fraction of sp³-hybridized carbons (Fsp3) is 0.346. The first-order valence-electron chi connectivity index (χ1n) is 11.6. The summed E-state index contributed by atoms with van der Waals surface area (Å²) >= 11 is 0. The molecule has 0 saturated heterocycles. The highest BCUT2D eigenvalue weighted by molar-refractivity contribution is 5.77. The molecule has 2 aromatic carbocycles. The summed E-state index contributed by atoms with van der Waals surface area (Å²) in [5, 5.41) is 15.3. The van der Waals surface area contributed by atoms with Crippen molar-refractivity contribution in [3.05, 3.63) is 83.4 Å². The Hall–Kier alpha value is -3.25. The lowest BCUT2D eigenvalue weighted by molar-refractivity contribution is 0.232. The van der Waals surface area contributed by atoms with E-state index in [1.165, 1.54) is 43.2 Å². The molecule has 1 aliphatic rings. The second-order valence-electron chi connectivity index (χ2n) is 8.82. The fourth-order valence-corrected chi connectivity index (χ4v) is 5.27. The van der Waals surface area contributed by atoms with Gasteiger partial charge in [0.1, 0.15) is 11.3 Å². The van der Waals surface area contributed by atoms with Crippen LogP contribution < -0.4 is 11.1 Å². The minimum absolute atomic E-state index is 0.0568. The first-order valence-corrected chi connectivity index (χ1v) is 11.6. The highest BCUT2D eigenvalue weighted by Gasteiger charge is 2.33. The van der Waals surface area contributed by atoms with Gasteiger partial charge in [-0.05, 0) is 48.6 Å². The number of anilines is 1. The van der Waals surface area contributed by atoms with Crippen LogP contribution in [-0.4, -0.2) is 26.9 Å². The van der Waals surface area contributed by atoms with Crippen LogP contribution in [-0.2, 0) is 5.54 Å². The molecule has 6 nitrogen and oxygen atoms in total. The van der Waals surface area contributed by atoms with Gasteiger partial charge in [0.05, 0.1) is 0 Å². The molecule has 0 aliphatic heterocycles. The van der Waals surface area contributed by atoms with Gasteiger partial charge in [-0.25, -0.2) is 4.98 Å². The lowest BCUT2D eigenvalue weighted by Gasteiger charge is -2.39. The lowest BCUT2D eigenvalue weighted by atomic mass is 9.76. The molecular formula is C26H30N6. The molecule has 5 rings (SSSR count). The number of fused-ring (bicyclic) bond motifs is 1.